The van der Waals surface area contributed by atoms with Gasteiger partial charge in [0.2, 0.25) is 0 Å². The molecule has 0 atom stereocenters. The van der Waals surface area contributed by atoms with Crippen molar-refractivity contribution in [2.75, 3.05) is 0 Å². The van der Waals surface area contributed by atoms with Gasteiger partial charge in [0.1, 0.15) is 0 Å². The van der Waals surface area contributed by atoms with Gasteiger partial charge in [-0.05, 0) is 28.5 Å². The fraction of sp³-hybridized carbons (Fsp3) is 0.133. The monoisotopic (exact) mass is 250 g/mol. The van der Waals surface area contributed by atoms with Gasteiger partial charge in [-0.2, -0.15) is 0 Å². The van der Waals surface area contributed by atoms with E-state index < -0.39 is 0 Å². The Kier molecular flexibility index (Phi) is 3.06. The van der Waals surface area contributed by atoms with Crippen LogP contribution in [0.5, 0.6) is 0 Å². The van der Waals surface area contributed by atoms with Gasteiger partial charge in [-0.3, -0.25) is 0 Å². The molecule has 0 N–H and O–H groups in total. The van der Waals surface area contributed by atoms with E-state index in [2.05, 4.69) is 39.7 Å². The SMILES string of the molecule is CCc1nnn(-c2ccc(-c3ccccc3)cc2)n1. The summed E-state index contributed by atoms with van der Waals surface area (Å²) in [5.74, 6) is 0.757. The summed E-state index contributed by atoms with van der Waals surface area (Å²) in [5.41, 5.74) is 3.31. The summed E-state index contributed by atoms with van der Waals surface area (Å²) in [5, 5.41) is 12.3. The quantitative estimate of drug-likeness (QED) is 0.718. The van der Waals surface area contributed by atoms with Crippen molar-refractivity contribution in [3.8, 4) is 16.8 Å². The number of hydrogen-bond acceptors (Lipinski definition) is 3. The van der Waals surface area contributed by atoms with E-state index in [1.54, 1.807) is 4.80 Å². The first-order chi connectivity index (χ1) is 9.36. The summed E-state index contributed by atoms with van der Waals surface area (Å²) >= 11 is 0. The van der Waals surface area contributed by atoms with Gasteiger partial charge in [-0.1, -0.05) is 49.4 Å². The van der Waals surface area contributed by atoms with Crippen molar-refractivity contribution in [3.63, 3.8) is 0 Å². The summed E-state index contributed by atoms with van der Waals surface area (Å²) < 4.78 is 0. The molecule has 0 unspecified atom stereocenters. The lowest BCUT2D eigenvalue weighted by Crippen LogP contribution is -1.99. The third kappa shape index (κ3) is 2.38. The Hall–Kier alpha value is -2.49. The number of aromatic nitrogens is 4. The molecular weight excluding hydrogens is 236 g/mol. The zero-order valence-electron chi connectivity index (χ0n) is 10.7. The Morgan fingerprint density at radius 3 is 2.21 bits per heavy atom. The molecule has 0 aliphatic rings. The van der Waals surface area contributed by atoms with Crippen LogP contribution in [0, 0.1) is 0 Å². The van der Waals surface area contributed by atoms with E-state index in [1.807, 2.05) is 37.3 Å². The van der Waals surface area contributed by atoms with E-state index in [9.17, 15) is 0 Å². The lowest BCUT2D eigenvalue weighted by Gasteiger charge is -2.03. The van der Waals surface area contributed by atoms with E-state index in [0.29, 0.717) is 0 Å². The minimum Gasteiger partial charge on any atom is -0.131 e. The summed E-state index contributed by atoms with van der Waals surface area (Å²) in [4.78, 5) is 1.56. The zero-order chi connectivity index (χ0) is 13.1. The van der Waals surface area contributed by atoms with Crippen LogP contribution >= 0.6 is 0 Å². The van der Waals surface area contributed by atoms with Crippen LogP contribution in [0.2, 0.25) is 0 Å². The van der Waals surface area contributed by atoms with E-state index >= 15 is 0 Å². The summed E-state index contributed by atoms with van der Waals surface area (Å²) in [6.07, 6.45) is 0.794. The van der Waals surface area contributed by atoms with Crippen LogP contribution in [0.4, 0.5) is 0 Å². The van der Waals surface area contributed by atoms with Crippen molar-refractivity contribution in [2.24, 2.45) is 0 Å². The minimum absolute atomic E-state index is 0.757. The predicted octanol–water partition coefficient (Wildman–Crippen LogP) is 2.89. The van der Waals surface area contributed by atoms with Crippen LogP contribution in [-0.2, 0) is 6.42 Å². The third-order valence-electron chi connectivity index (χ3n) is 2.98. The van der Waals surface area contributed by atoms with Gasteiger partial charge in [0, 0.05) is 6.42 Å². The van der Waals surface area contributed by atoms with Crippen LogP contribution in [0.1, 0.15) is 12.7 Å². The van der Waals surface area contributed by atoms with E-state index in [0.717, 1.165) is 17.9 Å². The summed E-state index contributed by atoms with van der Waals surface area (Å²) in [6.45, 7) is 2.01. The van der Waals surface area contributed by atoms with Crippen molar-refractivity contribution in [1.82, 2.24) is 20.2 Å². The Balaban J connectivity index is 1.90. The average molecular weight is 250 g/mol. The molecule has 4 nitrogen and oxygen atoms in total. The normalized spacial score (nSPS) is 10.6. The van der Waals surface area contributed by atoms with Crippen molar-refractivity contribution in [3.05, 3.63) is 60.4 Å². The van der Waals surface area contributed by atoms with Gasteiger partial charge in [0.25, 0.3) is 0 Å². The summed E-state index contributed by atoms with van der Waals surface area (Å²) in [7, 11) is 0. The van der Waals surface area contributed by atoms with Crippen molar-refractivity contribution in [2.45, 2.75) is 13.3 Å². The molecular formula is C15H14N4. The van der Waals surface area contributed by atoms with Gasteiger partial charge in [-0.25, -0.2) is 0 Å². The van der Waals surface area contributed by atoms with E-state index in [-0.39, 0.29) is 0 Å². The highest BCUT2D eigenvalue weighted by atomic mass is 15.6. The van der Waals surface area contributed by atoms with Gasteiger partial charge in [0.05, 0.1) is 5.69 Å². The van der Waals surface area contributed by atoms with Crippen molar-refractivity contribution < 1.29 is 0 Å². The second-order valence-corrected chi connectivity index (χ2v) is 4.26. The van der Waals surface area contributed by atoms with Crippen LogP contribution in [0.25, 0.3) is 16.8 Å². The topological polar surface area (TPSA) is 43.6 Å². The standard InChI is InChI=1S/C15H14N4/c1-2-15-16-18-19(17-15)14-10-8-13(9-11-14)12-6-4-3-5-7-12/h3-11H,2H2,1H3. The molecule has 3 aromatic rings. The molecule has 19 heavy (non-hydrogen) atoms. The molecule has 4 heteroatoms. The first-order valence-corrected chi connectivity index (χ1v) is 6.31. The number of nitrogens with zero attached hydrogens (tertiary/aromatic N) is 4. The second kappa shape index (κ2) is 5.02. The molecule has 94 valence electrons. The molecule has 0 aliphatic carbocycles. The molecule has 0 fully saturated rings. The van der Waals surface area contributed by atoms with Crippen LogP contribution in [0.15, 0.2) is 54.6 Å². The van der Waals surface area contributed by atoms with Crippen LogP contribution in [-0.4, -0.2) is 20.2 Å². The average Bonchev–Trinajstić information content (AvgIpc) is 2.97. The second-order valence-electron chi connectivity index (χ2n) is 4.26. The molecule has 2 aromatic carbocycles. The van der Waals surface area contributed by atoms with Gasteiger partial charge < -0.3 is 0 Å². The van der Waals surface area contributed by atoms with Gasteiger partial charge >= 0.3 is 0 Å². The van der Waals surface area contributed by atoms with Crippen LogP contribution < -0.4 is 0 Å². The van der Waals surface area contributed by atoms with Crippen LogP contribution in [0.3, 0.4) is 0 Å². The molecule has 0 saturated heterocycles. The highest BCUT2D eigenvalue weighted by Gasteiger charge is 2.03. The largest absolute Gasteiger partial charge is 0.174 e. The fourth-order valence-corrected chi connectivity index (χ4v) is 1.91. The lowest BCUT2D eigenvalue weighted by molar-refractivity contribution is 0.718. The Bertz CT molecular complexity index is 656. The molecule has 1 aromatic heterocycles. The first-order valence-electron chi connectivity index (χ1n) is 6.31. The van der Waals surface area contributed by atoms with Crippen molar-refractivity contribution in [1.29, 1.82) is 0 Å². The fourth-order valence-electron chi connectivity index (χ4n) is 1.91. The maximum absolute atomic E-state index is 4.30. The molecule has 3 rings (SSSR count). The van der Waals surface area contributed by atoms with Crippen molar-refractivity contribution >= 4 is 0 Å². The summed E-state index contributed by atoms with van der Waals surface area (Å²) in [6, 6.07) is 18.4. The molecule has 0 saturated carbocycles. The molecule has 0 aliphatic heterocycles. The zero-order valence-corrected chi connectivity index (χ0v) is 10.7. The highest BCUT2D eigenvalue weighted by Crippen LogP contribution is 2.19. The first kappa shape index (κ1) is 11.6. The maximum Gasteiger partial charge on any atom is 0.174 e. The highest BCUT2D eigenvalue weighted by molar-refractivity contribution is 5.64. The number of tetrazole rings is 1. The molecule has 0 amide bonds. The predicted molar refractivity (Wildman–Crippen MR) is 74.0 cm³/mol. The molecule has 0 bridgehead atoms. The molecule has 0 radical (unpaired) electrons. The number of aryl methyl sites for hydroxylation is 1. The molecule has 0 spiro atoms. The number of rotatable bonds is 3. The smallest absolute Gasteiger partial charge is 0.131 e. The lowest BCUT2D eigenvalue weighted by atomic mass is 10.1. The Morgan fingerprint density at radius 2 is 1.58 bits per heavy atom. The Morgan fingerprint density at radius 1 is 0.895 bits per heavy atom. The van der Waals surface area contributed by atoms with E-state index in [1.165, 1.54) is 11.1 Å². The minimum atomic E-state index is 0.757. The Labute approximate surface area is 111 Å². The molecule has 1 heterocycles. The van der Waals surface area contributed by atoms with Gasteiger partial charge in [0.15, 0.2) is 5.82 Å². The third-order valence-corrected chi connectivity index (χ3v) is 2.98. The number of benzene rings is 2. The maximum atomic E-state index is 4.30. The number of hydrogen-bond donors (Lipinski definition) is 0. The van der Waals surface area contributed by atoms with E-state index in [4.69, 9.17) is 0 Å². The van der Waals surface area contributed by atoms with Gasteiger partial charge in [-0.15, -0.1) is 15.0 Å².